The van der Waals surface area contributed by atoms with Gasteiger partial charge in [-0.25, -0.2) is 4.98 Å². The van der Waals surface area contributed by atoms with Crippen molar-refractivity contribution in [1.29, 1.82) is 0 Å². The zero-order valence-electron chi connectivity index (χ0n) is 14.8. The quantitative estimate of drug-likeness (QED) is 0.871. The molecule has 0 saturated heterocycles. The average molecular weight is 338 g/mol. The summed E-state index contributed by atoms with van der Waals surface area (Å²) in [7, 11) is 0. The van der Waals surface area contributed by atoms with Gasteiger partial charge in [0.25, 0.3) is 0 Å². The number of nitrogens with zero attached hydrogens (tertiary/aromatic N) is 1. The first-order chi connectivity index (χ1) is 12.2. The molecule has 1 aromatic heterocycles. The van der Waals surface area contributed by atoms with Crippen LogP contribution < -0.4 is 10.1 Å². The van der Waals surface area contributed by atoms with Gasteiger partial charge in [-0.1, -0.05) is 36.4 Å². The van der Waals surface area contributed by atoms with E-state index >= 15 is 0 Å². The maximum absolute atomic E-state index is 12.1. The van der Waals surface area contributed by atoms with E-state index in [0.717, 1.165) is 37.7 Å². The third kappa shape index (κ3) is 5.59. The SMILES string of the molecule is Cc1ccc(OC2CCC(NC(=O)CCc3ccccc3)CC2)nc1. The molecule has 1 aromatic carbocycles. The lowest BCUT2D eigenvalue weighted by Crippen LogP contribution is -2.39. The summed E-state index contributed by atoms with van der Waals surface area (Å²) in [6.45, 7) is 2.02. The molecular formula is C21H26N2O2. The number of aromatic nitrogens is 1. The van der Waals surface area contributed by atoms with Crippen LogP contribution in [0.1, 0.15) is 43.2 Å². The number of amides is 1. The minimum Gasteiger partial charge on any atom is -0.474 e. The van der Waals surface area contributed by atoms with Gasteiger partial charge in [-0.05, 0) is 50.2 Å². The van der Waals surface area contributed by atoms with Crippen LogP contribution >= 0.6 is 0 Å². The Morgan fingerprint density at radius 1 is 1.12 bits per heavy atom. The van der Waals surface area contributed by atoms with Crippen molar-refractivity contribution in [3.8, 4) is 5.88 Å². The molecule has 1 heterocycles. The summed E-state index contributed by atoms with van der Waals surface area (Å²) in [4.78, 5) is 16.4. The number of pyridine rings is 1. The minimum absolute atomic E-state index is 0.147. The van der Waals surface area contributed by atoms with E-state index in [1.807, 2.05) is 43.5 Å². The number of ether oxygens (including phenoxy) is 1. The first-order valence-corrected chi connectivity index (χ1v) is 9.11. The Hall–Kier alpha value is -2.36. The van der Waals surface area contributed by atoms with Crippen LogP contribution in [0.3, 0.4) is 0 Å². The second kappa shape index (κ2) is 8.65. The Balaban J connectivity index is 1.37. The standard InChI is InChI=1S/C21H26N2O2/c1-16-7-14-21(22-15-16)25-19-11-9-18(10-12-19)23-20(24)13-8-17-5-3-2-4-6-17/h2-7,14-15,18-19H,8-13H2,1H3,(H,23,24). The van der Waals surface area contributed by atoms with E-state index in [1.54, 1.807) is 0 Å². The number of benzene rings is 1. The van der Waals surface area contributed by atoms with E-state index in [2.05, 4.69) is 22.4 Å². The van der Waals surface area contributed by atoms with Gasteiger partial charge in [-0.3, -0.25) is 4.79 Å². The van der Waals surface area contributed by atoms with Crippen molar-refractivity contribution in [1.82, 2.24) is 10.3 Å². The molecule has 0 atom stereocenters. The highest BCUT2D eigenvalue weighted by Gasteiger charge is 2.23. The van der Waals surface area contributed by atoms with Crippen molar-refractivity contribution in [2.45, 2.75) is 57.6 Å². The topological polar surface area (TPSA) is 51.2 Å². The number of carbonyl (C=O) groups is 1. The zero-order chi connectivity index (χ0) is 17.5. The molecule has 0 radical (unpaired) electrons. The summed E-state index contributed by atoms with van der Waals surface area (Å²) in [5.74, 6) is 0.842. The molecule has 4 nitrogen and oxygen atoms in total. The molecule has 0 spiro atoms. The van der Waals surface area contributed by atoms with Crippen LogP contribution in [0.25, 0.3) is 0 Å². The van der Waals surface area contributed by atoms with E-state index < -0.39 is 0 Å². The van der Waals surface area contributed by atoms with Gasteiger partial charge in [0.05, 0.1) is 0 Å². The van der Waals surface area contributed by atoms with E-state index in [0.29, 0.717) is 12.3 Å². The summed E-state index contributed by atoms with van der Waals surface area (Å²) in [6.07, 6.45) is 7.22. The van der Waals surface area contributed by atoms with E-state index in [9.17, 15) is 4.79 Å². The first-order valence-electron chi connectivity index (χ1n) is 9.11. The van der Waals surface area contributed by atoms with Gasteiger partial charge in [0.1, 0.15) is 6.10 Å². The van der Waals surface area contributed by atoms with Gasteiger partial charge >= 0.3 is 0 Å². The van der Waals surface area contributed by atoms with Crippen LogP contribution in [0.15, 0.2) is 48.7 Å². The molecule has 132 valence electrons. The van der Waals surface area contributed by atoms with Gasteiger partial charge in [-0.2, -0.15) is 0 Å². The molecule has 1 fully saturated rings. The largest absolute Gasteiger partial charge is 0.474 e. The van der Waals surface area contributed by atoms with E-state index in [1.165, 1.54) is 5.56 Å². The van der Waals surface area contributed by atoms with Gasteiger partial charge in [0.15, 0.2) is 0 Å². The van der Waals surface area contributed by atoms with Crippen molar-refractivity contribution >= 4 is 5.91 Å². The van der Waals surface area contributed by atoms with E-state index in [-0.39, 0.29) is 18.1 Å². The maximum Gasteiger partial charge on any atom is 0.220 e. The smallest absolute Gasteiger partial charge is 0.220 e. The number of rotatable bonds is 6. The number of nitrogens with one attached hydrogen (secondary N) is 1. The molecule has 0 aliphatic heterocycles. The van der Waals surface area contributed by atoms with Crippen LogP contribution in [-0.4, -0.2) is 23.0 Å². The highest BCUT2D eigenvalue weighted by atomic mass is 16.5. The minimum atomic E-state index is 0.147. The zero-order valence-corrected chi connectivity index (χ0v) is 14.8. The normalized spacial score (nSPS) is 20.0. The molecule has 1 N–H and O–H groups in total. The van der Waals surface area contributed by atoms with Crippen LogP contribution in [0.4, 0.5) is 0 Å². The van der Waals surface area contributed by atoms with Crippen LogP contribution in [0.5, 0.6) is 5.88 Å². The fourth-order valence-corrected chi connectivity index (χ4v) is 3.22. The second-order valence-electron chi connectivity index (χ2n) is 6.82. The fraction of sp³-hybridized carbons (Fsp3) is 0.429. The van der Waals surface area contributed by atoms with Crippen molar-refractivity contribution in [2.24, 2.45) is 0 Å². The third-order valence-corrected chi connectivity index (χ3v) is 4.69. The summed E-state index contributed by atoms with van der Waals surface area (Å²) in [5, 5.41) is 3.17. The first kappa shape index (κ1) is 17.5. The van der Waals surface area contributed by atoms with Crippen LogP contribution in [0.2, 0.25) is 0 Å². The summed E-state index contributed by atoms with van der Waals surface area (Å²) < 4.78 is 5.95. The molecule has 1 saturated carbocycles. The number of carbonyl (C=O) groups excluding carboxylic acids is 1. The number of hydrogen-bond donors (Lipinski definition) is 1. The molecule has 0 unspecified atom stereocenters. The van der Waals surface area contributed by atoms with Gasteiger partial charge in [0.2, 0.25) is 11.8 Å². The van der Waals surface area contributed by atoms with Crippen LogP contribution in [-0.2, 0) is 11.2 Å². The Bertz CT molecular complexity index is 662. The molecule has 4 heteroatoms. The van der Waals surface area contributed by atoms with Crippen molar-refractivity contribution in [3.63, 3.8) is 0 Å². The molecule has 3 rings (SSSR count). The maximum atomic E-state index is 12.1. The highest BCUT2D eigenvalue weighted by molar-refractivity contribution is 5.76. The molecule has 1 amide bonds. The van der Waals surface area contributed by atoms with Gasteiger partial charge < -0.3 is 10.1 Å². The van der Waals surface area contributed by atoms with Crippen molar-refractivity contribution < 1.29 is 9.53 Å². The Labute approximate surface area is 149 Å². The molecule has 0 bridgehead atoms. The molecular weight excluding hydrogens is 312 g/mol. The average Bonchev–Trinajstić information content (AvgIpc) is 2.64. The molecule has 2 aromatic rings. The fourth-order valence-electron chi connectivity index (χ4n) is 3.22. The third-order valence-electron chi connectivity index (χ3n) is 4.69. The molecule has 1 aliphatic rings. The predicted octanol–water partition coefficient (Wildman–Crippen LogP) is 3.83. The lowest BCUT2D eigenvalue weighted by molar-refractivity contribution is -0.122. The summed E-state index contributed by atoms with van der Waals surface area (Å²) in [6, 6.07) is 14.4. The van der Waals surface area contributed by atoms with Crippen LogP contribution in [0, 0.1) is 6.92 Å². The molecule has 1 aliphatic carbocycles. The lowest BCUT2D eigenvalue weighted by Gasteiger charge is -2.29. The van der Waals surface area contributed by atoms with E-state index in [4.69, 9.17) is 4.74 Å². The Kier molecular flexibility index (Phi) is 6.04. The summed E-state index contributed by atoms with van der Waals surface area (Å²) >= 11 is 0. The predicted molar refractivity (Wildman–Crippen MR) is 98.6 cm³/mol. The Morgan fingerprint density at radius 2 is 1.88 bits per heavy atom. The molecule has 25 heavy (non-hydrogen) atoms. The van der Waals surface area contributed by atoms with Crippen molar-refractivity contribution in [2.75, 3.05) is 0 Å². The summed E-state index contributed by atoms with van der Waals surface area (Å²) in [5.41, 5.74) is 2.34. The number of hydrogen-bond acceptors (Lipinski definition) is 3. The lowest BCUT2D eigenvalue weighted by atomic mass is 9.92. The van der Waals surface area contributed by atoms with Gasteiger partial charge in [-0.15, -0.1) is 0 Å². The monoisotopic (exact) mass is 338 g/mol. The number of aryl methyl sites for hydroxylation is 2. The van der Waals surface area contributed by atoms with Gasteiger partial charge in [0, 0.05) is 24.7 Å². The van der Waals surface area contributed by atoms with Crippen molar-refractivity contribution in [3.05, 3.63) is 59.8 Å². The highest BCUT2D eigenvalue weighted by Crippen LogP contribution is 2.23. The Morgan fingerprint density at radius 3 is 2.56 bits per heavy atom. The second-order valence-corrected chi connectivity index (χ2v) is 6.82.